The molecule has 4 rings (SSSR count). The van der Waals surface area contributed by atoms with Gasteiger partial charge in [-0.3, -0.25) is 0 Å². The van der Waals surface area contributed by atoms with Gasteiger partial charge in [0.15, 0.2) is 64.3 Å². The molecule has 3 aromatic rings. The second-order valence-corrected chi connectivity index (χ2v) is 9.70. The summed E-state index contributed by atoms with van der Waals surface area (Å²) in [6.07, 6.45) is -7.72. The van der Waals surface area contributed by atoms with Gasteiger partial charge in [0.05, 0.1) is 17.7 Å². The van der Waals surface area contributed by atoms with Crippen LogP contribution in [0.4, 0.5) is 0 Å². The maximum atomic E-state index is 13.0. The van der Waals surface area contributed by atoms with Crippen molar-refractivity contribution in [2.24, 2.45) is 0 Å². The van der Waals surface area contributed by atoms with Gasteiger partial charge in [-0.15, -0.1) is 0 Å². The Labute approximate surface area is 257 Å². The van der Waals surface area contributed by atoms with Crippen molar-refractivity contribution in [3.8, 4) is 46.0 Å². The van der Waals surface area contributed by atoms with Crippen molar-refractivity contribution < 1.29 is 84.4 Å². The van der Waals surface area contributed by atoms with Gasteiger partial charge in [-0.2, -0.15) is 0 Å². The predicted molar refractivity (Wildman–Crippen MR) is 148 cm³/mol. The molecule has 46 heavy (non-hydrogen) atoms. The molecule has 1 saturated heterocycles. The minimum atomic E-state index is -2.15. The first kappa shape index (κ1) is 33.0. The molecule has 17 heteroatoms. The number of aromatic hydroxyl groups is 8. The zero-order chi connectivity index (χ0) is 33.9. The number of benzene rings is 3. The van der Waals surface area contributed by atoms with E-state index in [1.54, 1.807) is 0 Å². The molecule has 10 N–H and O–H groups in total. The van der Waals surface area contributed by atoms with Crippen LogP contribution in [0.5, 0.6) is 46.0 Å². The third-order valence-corrected chi connectivity index (χ3v) is 6.54. The second-order valence-electron chi connectivity index (χ2n) is 9.70. The van der Waals surface area contributed by atoms with E-state index in [1.165, 1.54) is 6.07 Å². The average Bonchev–Trinajstić information content (AvgIpc) is 3.01. The van der Waals surface area contributed by atoms with E-state index in [0.29, 0.717) is 24.3 Å². The minimum absolute atomic E-state index is 0.246. The molecule has 0 saturated carbocycles. The van der Waals surface area contributed by atoms with Crippen LogP contribution in [0.3, 0.4) is 0 Å². The summed E-state index contributed by atoms with van der Waals surface area (Å²) in [5, 5.41) is 98.4. The molecule has 0 aromatic heterocycles. The van der Waals surface area contributed by atoms with E-state index >= 15 is 0 Å². The van der Waals surface area contributed by atoms with Crippen LogP contribution in [-0.4, -0.2) is 106 Å². The normalized spacial score (nSPS) is 21.0. The van der Waals surface area contributed by atoms with Crippen molar-refractivity contribution in [1.29, 1.82) is 0 Å². The van der Waals surface area contributed by atoms with Gasteiger partial charge in [0.2, 0.25) is 6.29 Å². The number of ether oxygens (including phenoxy) is 4. The first-order chi connectivity index (χ1) is 21.7. The van der Waals surface area contributed by atoms with Crippen molar-refractivity contribution in [2.75, 3.05) is 6.61 Å². The van der Waals surface area contributed by atoms with E-state index < -0.39 is 112 Å². The highest BCUT2D eigenvalue weighted by atomic mass is 16.7. The first-order valence-corrected chi connectivity index (χ1v) is 13.0. The summed E-state index contributed by atoms with van der Waals surface area (Å²) in [7, 11) is 0. The molecular formula is C29H26O17. The smallest absolute Gasteiger partial charge is 0.338 e. The van der Waals surface area contributed by atoms with Gasteiger partial charge in [0.1, 0.15) is 6.10 Å². The number of aliphatic hydroxyl groups excluding tert-OH is 2. The Balaban J connectivity index is 1.63. The van der Waals surface area contributed by atoms with Crippen molar-refractivity contribution in [1.82, 2.24) is 0 Å². The van der Waals surface area contributed by atoms with Crippen LogP contribution in [0.2, 0.25) is 0 Å². The zero-order valence-corrected chi connectivity index (χ0v) is 23.1. The van der Waals surface area contributed by atoms with E-state index in [2.05, 4.69) is 0 Å². The Morgan fingerprint density at radius 1 is 0.674 bits per heavy atom. The lowest BCUT2D eigenvalue weighted by Gasteiger charge is -2.42. The Hall–Kier alpha value is -5.91. The molecule has 1 aliphatic rings. The monoisotopic (exact) mass is 646 g/mol. The van der Waals surface area contributed by atoms with Crippen molar-refractivity contribution in [2.45, 2.75) is 30.7 Å². The molecule has 0 aliphatic carbocycles. The summed E-state index contributed by atoms with van der Waals surface area (Å²) < 4.78 is 21.1. The number of rotatable bonds is 8. The van der Waals surface area contributed by atoms with Crippen LogP contribution in [0, 0.1) is 0 Å². The van der Waals surface area contributed by atoms with Crippen LogP contribution in [0.1, 0.15) is 26.3 Å². The quantitative estimate of drug-likeness (QED) is 0.0686. The molecule has 0 unspecified atom stereocenters. The largest absolute Gasteiger partial charge is 0.504 e. The molecule has 0 radical (unpaired) electrons. The summed E-state index contributed by atoms with van der Waals surface area (Å²) in [6.45, 7) is -0.998. The van der Waals surface area contributed by atoms with E-state index in [0.717, 1.165) is 24.3 Å². The van der Waals surface area contributed by atoms with Crippen LogP contribution < -0.4 is 0 Å². The maximum absolute atomic E-state index is 13.0. The van der Waals surface area contributed by atoms with Crippen molar-refractivity contribution in [3.63, 3.8) is 0 Å². The number of esters is 3. The lowest BCUT2D eigenvalue weighted by Crippen LogP contribution is -2.62. The molecule has 0 bridgehead atoms. The standard InChI is InChI=1S/C29H26O17/c30-10-20-25(45-27(41)12-6-16(33)22(38)17(34)7-12)26(46-28(42)13-8-18(35)23(39)19(36)9-13)24(40)29(43-20)44-21(37)4-2-11-1-3-14(31)15(32)5-11/h1-9,20,24-26,29-36,38-40H,10H2/t20-,24-,25-,26-,29+/m1/s1. The Morgan fingerprint density at radius 3 is 1.65 bits per heavy atom. The molecule has 1 aliphatic heterocycles. The van der Waals surface area contributed by atoms with E-state index in [1.807, 2.05) is 0 Å². The Kier molecular flexibility index (Phi) is 9.60. The molecule has 244 valence electrons. The fourth-order valence-corrected chi connectivity index (χ4v) is 4.20. The number of hydrogen-bond acceptors (Lipinski definition) is 17. The summed E-state index contributed by atoms with van der Waals surface area (Å²) in [4.78, 5) is 38.5. The van der Waals surface area contributed by atoms with Crippen LogP contribution >= 0.6 is 0 Å². The van der Waals surface area contributed by atoms with Gasteiger partial charge in [-0.1, -0.05) is 6.07 Å². The fourth-order valence-electron chi connectivity index (χ4n) is 4.20. The maximum Gasteiger partial charge on any atom is 0.338 e. The number of phenols is 8. The van der Waals surface area contributed by atoms with E-state index in [4.69, 9.17) is 18.9 Å². The van der Waals surface area contributed by atoms with Gasteiger partial charge >= 0.3 is 17.9 Å². The highest BCUT2D eigenvalue weighted by molar-refractivity contribution is 5.92. The number of carbonyl (C=O) groups is 3. The fraction of sp³-hybridized carbons (Fsp3) is 0.207. The summed E-state index contributed by atoms with van der Waals surface area (Å²) in [6, 6.07) is 6.41. The molecule has 17 nitrogen and oxygen atoms in total. The summed E-state index contributed by atoms with van der Waals surface area (Å²) in [5.74, 6) is -10.4. The van der Waals surface area contributed by atoms with E-state index in [-0.39, 0.29) is 5.56 Å². The third kappa shape index (κ3) is 7.07. The van der Waals surface area contributed by atoms with Crippen LogP contribution in [-0.2, 0) is 23.7 Å². The molecule has 1 fully saturated rings. The molecule has 0 amide bonds. The number of carbonyl (C=O) groups excluding carboxylic acids is 3. The van der Waals surface area contributed by atoms with Gasteiger partial charge < -0.3 is 70.0 Å². The number of hydrogen-bond donors (Lipinski definition) is 10. The molecule has 3 aromatic carbocycles. The van der Waals surface area contributed by atoms with Crippen molar-refractivity contribution in [3.05, 3.63) is 65.2 Å². The lowest BCUT2D eigenvalue weighted by atomic mass is 9.98. The Morgan fingerprint density at radius 2 is 1.17 bits per heavy atom. The van der Waals surface area contributed by atoms with Crippen LogP contribution in [0.15, 0.2) is 48.5 Å². The SMILES string of the molecule is O=C(C=Cc1ccc(O)c(O)c1)O[C@@H]1O[C@H](CO)[C@@H](OC(=O)c2cc(O)c(O)c(O)c2)[C@H](OC(=O)c2cc(O)c(O)c(O)c2)[C@H]1O. The average molecular weight is 647 g/mol. The molecular weight excluding hydrogens is 620 g/mol. The van der Waals surface area contributed by atoms with Crippen LogP contribution in [0.25, 0.3) is 6.08 Å². The second kappa shape index (κ2) is 13.4. The number of phenolic OH excluding ortho intramolecular Hbond substituents is 8. The topological polar surface area (TPSA) is 290 Å². The van der Waals surface area contributed by atoms with Gasteiger partial charge in [0.25, 0.3) is 0 Å². The lowest BCUT2D eigenvalue weighted by molar-refractivity contribution is -0.289. The highest BCUT2D eigenvalue weighted by Crippen LogP contribution is 2.38. The predicted octanol–water partition coefficient (Wildman–Crippen LogP) is 0.417. The third-order valence-electron chi connectivity index (χ3n) is 6.54. The summed E-state index contributed by atoms with van der Waals surface area (Å²) >= 11 is 0. The number of aliphatic hydroxyl groups is 2. The molecule has 0 spiro atoms. The first-order valence-electron chi connectivity index (χ1n) is 13.0. The Bertz CT molecular complexity index is 1640. The molecule has 1 heterocycles. The summed E-state index contributed by atoms with van der Waals surface area (Å²) in [5.41, 5.74) is -0.869. The minimum Gasteiger partial charge on any atom is -0.504 e. The van der Waals surface area contributed by atoms with Gasteiger partial charge in [0, 0.05) is 6.08 Å². The van der Waals surface area contributed by atoms with Crippen molar-refractivity contribution >= 4 is 24.0 Å². The molecule has 5 atom stereocenters. The van der Waals surface area contributed by atoms with Gasteiger partial charge in [-0.25, -0.2) is 14.4 Å². The zero-order valence-electron chi connectivity index (χ0n) is 23.1. The van der Waals surface area contributed by atoms with E-state index in [9.17, 15) is 65.4 Å². The highest BCUT2D eigenvalue weighted by Gasteiger charge is 2.51. The van der Waals surface area contributed by atoms with Gasteiger partial charge in [-0.05, 0) is 48.0 Å².